The zero-order chi connectivity index (χ0) is 60.9. The molecule has 4 nitrogen and oxygen atoms in total. The first-order chi connectivity index (χ1) is 41.1. The van der Waals surface area contributed by atoms with E-state index in [1.54, 1.807) is 0 Å². The van der Waals surface area contributed by atoms with Gasteiger partial charge in [0.05, 0.1) is 17.0 Å². The van der Waals surface area contributed by atoms with Crippen LogP contribution in [0.3, 0.4) is 0 Å². The Morgan fingerprint density at radius 1 is 0.345 bits per heavy atom. The highest BCUT2D eigenvalue weighted by atomic mass is 16.3. The molecular formula is C82H90BN3O. The van der Waals surface area contributed by atoms with Crippen molar-refractivity contribution in [3.05, 3.63) is 202 Å². The molecule has 8 aromatic carbocycles. The molecule has 3 heterocycles. The van der Waals surface area contributed by atoms with Crippen molar-refractivity contribution in [2.24, 2.45) is 0 Å². The first kappa shape index (κ1) is 56.3. The molecule has 0 radical (unpaired) electrons. The topological polar surface area (TPSA) is 22.9 Å². The monoisotopic (exact) mass is 1140 g/mol. The fraction of sp³-hybridized carbons (Fsp3) is 0.390. The lowest BCUT2D eigenvalue weighted by Gasteiger charge is -2.47. The minimum Gasteiger partial charge on any atom is -0.468 e. The molecule has 15 rings (SSSR count). The molecule has 9 aromatic rings. The smallest absolute Gasteiger partial charge is 0.297 e. The van der Waals surface area contributed by atoms with Crippen molar-refractivity contribution in [2.45, 2.75) is 205 Å². The van der Waals surface area contributed by atoms with E-state index in [0.717, 1.165) is 73.3 Å². The van der Waals surface area contributed by atoms with E-state index in [1.807, 2.05) is 0 Å². The third-order valence-electron chi connectivity index (χ3n) is 23.3. The summed E-state index contributed by atoms with van der Waals surface area (Å²) in [6, 6.07) is 61.9. The maximum absolute atomic E-state index is 7.96. The number of benzene rings is 8. The SMILES string of the molecule is CC1(C)CCC(C)(C)c2cc(N3c4cc5c(cc4B4c6oc7cc8c(cc7c6N(c6ccc7c(c6)C(C)(C)CCC7(C)C)c6cc(N(c7ccccc7)c7ccc(-c9ccccc9)cc7)cc3c64)C(C)(C)CCC8(C)C)C(C)(C)CCC5(C)C)ccc21. The molecule has 0 atom stereocenters. The number of para-hydroxylation sites is 1. The number of hydrogen-bond acceptors (Lipinski definition) is 4. The third kappa shape index (κ3) is 8.57. The van der Waals surface area contributed by atoms with Crippen LogP contribution in [0.25, 0.3) is 22.1 Å². The molecule has 0 N–H and O–H groups in total. The van der Waals surface area contributed by atoms with Crippen molar-refractivity contribution >= 4 is 85.5 Å². The number of nitrogens with zero attached hydrogens (tertiary/aromatic N) is 3. The second-order valence-corrected chi connectivity index (χ2v) is 32.8. The van der Waals surface area contributed by atoms with Gasteiger partial charge < -0.3 is 19.1 Å². The molecule has 0 amide bonds. The molecular weight excluding hydrogens is 1050 g/mol. The summed E-state index contributed by atoms with van der Waals surface area (Å²) in [6.45, 7) is 39.4. The summed E-state index contributed by atoms with van der Waals surface area (Å²) in [5.74, 6) is 0. The normalized spacial score (nSPS) is 20.5. The van der Waals surface area contributed by atoms with E-state index in [0.29, 0.717) is 0 Å². The molecule has 6 aliphatic rings. The first-order valence-electron chi connectivity index (χ1n) is 32.9. The molecule has 4 aliphatic carbocycles. The fourth-order valence-corrected chi connectivity index (χ4v) is 17.2. The lowest BCUT2D eigenvalue weighted by atomic mass is 9.35. The summed E-state index contributed by atoms with van der Waals surface area (Å²) in [6.07, 6.45) is 9.14. The molecule has 0 spiro atoms. The van der Waals surface area contributed by atoms with Crippen molar-refractivity contribution < 1.29 is 4.42 Å². The maximum atomic E-state index is 7.96. The molecule has 0 fully saturated rings. The Kier molecular flexibility index (Phi) is 12.1. The molecule has 0 saturated heterocycles. The van der Waals surface area contributed by atoms with Crippen molar-refractivity contribution in [2.75, 3.05) is 14.7 Å². The first-order valence-corrected chi connectivity index (χ1v) is 32.9. The molecule has 0 saturated carbocycles. The second-order valence-electron chi connectivity index (χ2n) is 32.8. The highest BCUT2D eigenvalue weighted by molar-refractivity contribution is 7.00. The van der Waals surface area contributed by atoms with Gasteiger partial charge >= 0.3 is 0 Å². The molecule has 0 bridgehead atoms. The van der Waals surface area contributed by atoms with Gasteiger partial charge in [-0.25, -0.2) is 0 Å². The number of fused-ring (bicyclic) bond motifs is 10. The molecule has 2 aliphatic heterocycles. The quantitative estimate of drug-likeness (QED) is 0.155. The average Bonchev–Trinajstić information content (AvgIpc) is 1.68. The summed E-state index contributed by atoms with van der Waals surface area (Å²) in [5, 5.41) is 1.20. The van der Waals surface area contributed by atoms with Gasteiger partial charge in [-0.15, -0.1) is 0 Å². The maximum Gasteiger partial charge on any atom is 0.297 e. The van der Waals surface area contributed by atoms with Crippen LogP contribution in [0, 0.1) is 0 Å². The van der Waals surface area contributed by atoms with Gasteiger partial charge in [-0.3, -0.25) is 0 Å². The van der Waals surface area contributed by atoms with Gasteiger partial charge in [-0.2, -0.15) is 0 Å². The van der Waals surface area contributed by atoms with Crippen molar-refractivity contribution in [3.63, 3.8) is 0 Å². The van der Waals surface area contributed by atoms with Gasteiger partial charge in [-0.05, 0) is 240 Å². The van der Waals surface area contributed by atoms with Gasteiger partial charge in [0.2, 0.25) is 0 Å². The van der Waals surface area contributed by atoms with Crippen LogP contribution >= 0.6 is 0 Å². The van der Waals surface area contributed by atoms with E-state index >= 15 is 0 Å². The van der Waals surface area contributed by atoms with Crippen LogP contribution in [0.5, 0.6) is 0 Å². The molecule has 5 heteroatoms. The van der Waals surface area contributed by atoms with Crippen LogP contribution in [-0.4, -0.2) is 6.71 Å². The highest BCUT2D eigenvalue weighted by Gasteiger charge is 2.51. The van der Waals surface area contributed by atoms with E-state index in [2.05, 4.69) is 283 Å². The third-order valence-corrected chi connectivity index (χ3v) is 23.3. The Morgan fingerprint density at radius 2 is 0.747 bits per heavy atom. The van der Waals surface area contributed by atoms with Crippen LogP contribution in [0.4, 0.5) is 51.2 Å². The Bertz CT molecular complexity index is 4300. The number of rotatable bonds is 6. The fourth-order valence-electron chi connectivity index (χ4n) is 17.2. The van der Waals surface area contributed by atoms with E-state index in [9.17, 15) is 0 Å². The van der Waals surface area contributed by atoms with E-state index in [4.69, 9.17) is 4.42 Å². The predicted molar refractivity (Wildman–Crippen MR) is 371 cm³/mol. The summed E-state index contributed by atoms with van der Waals surface area (Å²) in [7, 11) is 0. The highest BCUT2D eigenvalue weighted by Crippen LogP contribution is 2.57. The molecule has 87 heavy (non-hydrogen) atoms. The van der Waals surface area contributed by atoms with E-state index < -0.39 is 0 Å². The van der Waals surface area contributed by atoms with Crippen LogP contribution in [0.15, 0.2) is 162 Å². The van der Waals surface area contributed by atoms with E-state index in [1.165, 1.54) is 112 Å². The van der Waals surface area contributed by atoms with Crippen molar-refractivity contribution in [1.82, 2.24) is 0 Å². The van der Waals surface area contributed by atoms with Crippen molar-refractivity contribution in [3.8, 4) is 11.1 Å². The molecule has 0 unspecified atom stereocenters. The van der Waals surface area contributed by atoms with Gasteiger partial charge in [0.15, 0.2) is 0 Å². The van der Waals surface area contributed by atoms with Gasteiger partial charge in [0, 0.05) is 45.2 Å². The standard InChI is InChI=1S/C82H90BN3O/c1-75(2)35-37-77(5,6)61-43-55(31-33-59(61)75)85-68-49-65-64(80(11,12)40-41-81(65,13)14)48-67(68)83-72-69(85)45-57(84(53-25-21-18-22-26-53)54-29-27-52(28-30-54)51-23-19-17-20-24-51)46-70(72)86(56-32-34-60-62(44-56)78(7,8)38-36-76(60,3)4)73-58-47-63-66(50-71(58)87-74(73)83)82(15,16)42-39-79(63,9)10/h17-34,43-50H,35-42H2,1-16H3. The predicted octanol–water partition coefficient (Wildman–Crippen LogP) is 21.0. The van der Waals surface area contributed by atoms with Gasteiger partial charge in [-0.1, -0.05) is 190 Å². The summed E-state index contributed by atoms with van der Waals surface area (Å²) >= 11 is 0. The van der Waals surface area contributed by atoms with Crippen LogP contribution in [-0.2, 0) is 43.3 Å². The molecule has 1 aromatic heterocycles. The van der Waals surface area contributed by atoms with Gasteiger partial charge in [0.25, 0.3) is 6.71 Å². The Morgan fingerprint density at radius 3 is 1.26 bits per heavy atom. The van der Waals surface area contributed by atoms with Crippen LogP contribution in [0.2, 0.25) is 0 Å². The minimum atomic E-state index is -0.213. The zero-order valence-electron chi connectivity index (χ0n) is 55.0. The largest absolute Gasteiger partial charge is 0.468 e. The lowest BCUT2D eigenvalue weighted by molar-refractivity contribution is 0.332. The minimum absolute atomic E-state index is 0.00174. The average molecular weight is 1140 g/mol. The lowest BCUT2D eigenvalue weighted by Crippen LogP contribution is -2.61. The summed E-state index contributed by atoms with van der Waals surface area (Å²) in [4.78, 5) is 7.94. The number of hydrogen-bond donors (Lipinski definition) is 0. The molecule has 442 valence electrons. The number of anilines is 9. The Balaban J connectivity index is 1.11. The van der Waals surface area contributed by atoms with Crippen LogP contribution < -0.4 is 31.3 Å². The van der Waals surface area contributed by atoms with Crippen molar-refractivity contribution in [1.29, 1.82) is 0 Å². The second kappa shape index (κ2) is 18.7. The Hall–Kier alpha value is -7.24. The summed E-state index contributed by atoms with van der Waals surface area (Å²) < 4.78 is 7.96. The van der Waals surface area contributed by atoms with Gasteiger partial charge in [0.1, 0.15) is 5.58 Å². The van der Waals surface area contributed by atoms with Crippen LogP contribution in [0.1, 0.15) is 207 Å². The van der Waals surface area contributed by atoms with E-state index in [-0.39, 0.29) is 50.0 Å². The summed E-state index contributed by atoms with van der Waals surface area (Å²) in [5.41, 5.74) is 29.3. The number of furan rings is 1. The zero-order valence-corrected chi connectivity index (χ0v) is 55.0. The Labute approximate surface area is 520 Å².